The Morgan fingerprint density at radius 2 is 2.00 bits per heavy atom. The van der Waals surface area contributed by atoms with Gasteiger partial charge in [-0.15, -0.1) is 0 Å². The standard InChI is InChI=1S/C23H25N3O4S/c1-31(28,29)17-7-5-16(6-8-17)23-25-19-12-14(11-18(22(24)27)15-3-4-15)13-20-21(19)26(23)9-2-10-30-20/h5-8,12-13,15,18H,2-4,9-11H2,1H3,(H2,24,27)/t18-/m0/s1. The van der Waals surface area contributed by atoms with Gasteiger partial charge in [-0.1, -0.05) is 0 Å². The smallest absolute Gasteiger partial charge is 0.221 e. The van der Waals surface area contributed by atoms with E-state index in [9.17, 15) is 13.2 Å². The molecule has 0 saturated heterocycles. The summed E-state index contributed by atoms with van der Waals surface area (Å²) >= 11 is 0. The second kappa shape index (κ2) is 7.37. The van der Waals surface area contributed by atoms with E-state index in [1.54, 1.807) is 24.3 Å². The Balaban J connectivity index is 1.59. The molecule has 0 spiro atoms. The van der Waals surface area contributed by atoms with E-state index >= 15 is 0 Å². The molecule has 2 N–H and O–H groups in total. The van der Waals surface area contributed by atoms with E-state index in [-0.39, 0.29) is 16.7 Å². The van der Waals surface area contributed by atoms with Gasteiger partial charge in [0.15, 0.2) is 9.84 Å². The Labute approximate surface area is 181 Å². The third-order valence-corrected chi connectivity index (χ3v) is 7.33. The molecule has 1 atom stereocenters. The topological polar surface area (TPSA) is 104 Å². The van der Waals surface area contributed by atoms with E-state index in [1.807, 2.05) is 12.1 Å². The third kappa shape index (κ3) is 3.80. The van der Waals surface area contributed by atoms with Gasteiger partial charge in [-0.25, -0.2) is 13.4 Å². The molecular formula is C23H25N3O4S. The number of carbonyl (C=O) groups is 1. The number of carbonyl (C=O) groups excluding carboxylic acids is 1. The molecule has 8 heteroatoms. The number of aryl methyl sites for hydroxylation is 1. The lowest BCUT2D eigenvalue weighted by Gasteiger charge is -2.13. The van der Waals surface area contributed by atoms with Crippen LogP contribution >= 0.6 is 0 Å². The van der Waals surface area contributed by atoms with E-state index in [0.717, 1.165) is 59.5 Å². The van der Waals surface area contributed by atoms with Crippen molar-refractivity contribution in [1.29, 1.82) is 0 Å². The van der Waals surface area contributed by atoms with Crippen LogP contribution in [0.3, 0.4) is 0 Å². The van der Waals surface area contributed by atoms with Crippen molar-refractivity contribution in [1.82, 2.24) is 9.55 Å². The number of hydrogen-bond donors (Lipinski definition) is 1. The van der Waals surface area contributed by atoms with Crippen LogP contribution in [0.4, 0.5) is 0 Å². The van der Waals surface area contributed by atoms with Crippen molar-refractivity contribution >= 4 is 26.8 Å². The van der Waals surface area contributed by atoms with Crippen LogP contribution in [0.25, 0.3) is 22.4 Å². The minimum atomic E-state index is -3.25. The second-order valence-electron chi connectivity index (χ2n) is 8.60. The van der Waals surface area contributed by atoms with E-state index in [2.05, 4.69) is 4.57 Å². The first-order valence-electron chi connectivity index (χ1n) is 10.6. The van der Waals surface area contributed by atoms with Crippen LogP contribution in [0, 0.1) is 11.8 Å². The van der Waals surface area contributed by atoms with E-state index in [1.165, 1.54) is 6.26 Å². The van der Waals surface area contributed by atoms with Gasteiger partial charge < -0.3 is 15.0 Å². The highest BCUT2D eigenvalue weighted by Crippen LogP contribution is 2.40. The molecule has 2 aliphatic rings. The van der Waals surface area contributed by atoms with Crippen LogP contribution in [0.5, 0.6) is 5.75 Å². The summed E-state index contributed by atoms with van der Waals surface area (Å²) in [5.41, 5.74) is 9.27. The highest BCUT2D eigenvalue weighted by Gasteiger charge is 2.35. The van der Waals surface area contributed by atoms with Gasteiger partial charge in [0.05, 0.1) is 17.0 Å². The summed E-state index contributed by atoms with van der Waals surface area (Å²) in [6.45, 7) is 1.37. The minimum Gasteiger partial charge on any atom is -0.491 e. The summed E-state index contributed by atoms with van der Waals surface area (Å²) in [5.74, 6) is 1.55. The van der Waals surface area contributed by atoms with Crippen molar-refractivity contribution < 1.29 is 17.9 Å². The van der Waals surface area contributed by atoms with Crippen LogP contribution in [0.15, 0.2) is 41.3 Å². The Bertz CT molecular complexity index is 1270. The zero-order valence-electron chi connectivity index (χ0n) is 17.4. The highest BCUT2D eigenvalue weighted by molar-refractivity contribution is 7.90. The Hall–Kier alpha value is -2.87. The number of nitrogens with two attached hydrogens (primary N) is 1. The number of imidazole rings is 1. The summed E-state index contributed by atoms with van der Waals surface area (Å²) in [4.78, 5) is 17.1. The molecule has 1 fully saturated rings. The second-order valence-corrected chi connectivity index (χ2v) is 10.6. The first kappa shape index (κ1) is 20.1. The number of nitrogens with zero attached hydrogens (tertiary/aromatic N) is 2. The molecule has 2 aromatic carbocycles. The molecule has 1 amide bonds. The monoisotopic (exact) mass is 439 g/mol. The van der Waals surface area contributed by atoms with Crippen LogP contribution in [-0.4, -0.2) is 36.7 Å². The van der Waals surface area contributed by atoms with E-state index in [4.69, 9.17) is 15.5 Å². The fourth-order valence-corrected chi connectivity index (χ4v) is 5.09. The molecule has 162 valence electrons. The molecule has 0 bridgehead atoms. The summed E-state index contributed by atoms with van der Waals surface area (Å²) in [6, 6.07) is 10.9. The number of ether oxygens (including phenoxy) is 1. The van der Waals surface area contributed by atoms with Crippen molar-refractivity contribution in [2.24, 2.45) is 17.6 Å². The van der Waals surface area contributed by atoms with E-state index < -0.39 is 9.84 Å². The van der Waals surface area contributed by atoms with Crippen molar-refractivity contribution in [3.8, 4) is 17.1 Å². The quantitative estimate of drug-likeness (QED) is 0.636. The molecule has 5 rings (SSSR count). The van der Waals surface area contributed by atoms with Gasteiger partial charge in [0, 0.05) is 24.3 Å². The first-order valence-corrected chi connectivity index (χ1v) is 12.5. The molecule has 1 aliphatic heterocycles. The van der Waals surface area contributed by atoms with Gasteiger partial charge in [0.2, 0.25) is 5.91 Å². The van der Waals surface area contributed by atoms with Gasteiger partial charge in [-0.05, 0) is 73.6 Å². The van der Waals surface area contributed by atoms with Crippen molar-refractivity contribution in [2.45, 2.75) is 37.1 Å². The zero-order chi connectivity index (χ0) is 21.8. The molecule has 0 unspecified atom stereocenters. The van der Waals surface area contributed by atoms with Crippen LogP contribution in [0.2, 0.25) is 0 Å². The lowest BCUT2D eigenvalue weighted by atomic mass is 9.94. The molecule has 31 heavy (non-hydrogen) atoms. The summed E-state index contributed by atoms with van der Waals surface area (Å²) < 4.78 is 31.8. The SMILES string of the molecule is CS(=O)(=O)c1ccc(-c2nc3cc(C[C@H](C(N)=O)C4CC4)cc4c3n2CCCO4)cc1. The van der Waals surface area contributed by atoms with Crippen LogP contribution in [0.1, 0.15) is 24.8 Å². The molecule has 7 nitrogen and oxygen atoms in total. The van der Waals surface area contributed by atoms with Crippen molar-refractivity contribution in [3.63, 3.8) is 0 Å². The molecule has 1 aliphatic carbocycles. The first-order chi connectivity index (χ1) is 14.8. The number of amides is 1. The average Bonchev–Trinajstić information content (AvgIpc) is 3.51. The van der Waals surface area contributed by atoms with Gasteiger partial charge in [-0.2, -0.15) is 0 Å². The molecule has 1 aromatic heterocycles. The fraction of sp³-hybridized carbons (Fsp3) is 0.391. The fourth-order valence-electron chi connectivity index (χ4n) is 4.46. The van der Waals surface area contributed by atoms with Gasteiger partial charge in [-0.3, -0.25) is 4.79 Å². The summed E-state index contributed by atoms with van der Waals surface area (Å²) in [6.07, 6.45) is 4.75. The normalized spacial score (nSPS) is 17.2. The van der Waals surface area contributed by atoms with Crippen molar-refractivity contribution in [2.75, 3.05) is 12.9 Å². The lowest BCUT2D eigenvalue weighted by molar-refractivity contribution is -0.122. The largest absolute Gasteiger partial charge is 0.491 e. The minimum absolute atomic E-state index is 0.152. The molecule has 1 saturated carbocycles. The number of primary amides is 1. The van der Waals surface area contributed by atoms with Crippen LogP contribution in [-0.2, 0) is 27.6 Å². The molecule has 3 aromatic rings. The number of benzene rings is 2. The zero-order valence-corrected chi connectivity index (χ0v) is 18.2. The summed E-state index contributed by atoms with van der Waals surface area (Å²) in [5, 5.41) is 0. The predicted octanol–water partition coefficient (Wildman–Crippen LogP) is 2.94. The Kier molecular flexibility index (Phi) is 4.77. The molecule has 2 heterocycles. The Morgan fingerprint density at radius 1 is 1.26 bits per heavy atom. The third-order valence-electron chi connectivity index (χ3n) is 6.20. The van der Waals surface area contributed by atoms with E-state index in [0.29, 0.717) is 18.9 Å². The maximum absolute atomic E-state index is 11.9. The predicted molar refractivity (Wildman–Crippen MR) is 118 cm³/mol. The Morgan fingerprint density at radius 3 is 2.65 bits per heavy atom. The number of rotatable bonds is 6. The average molecular weight is 440 g/mol. The maximum atomic E-state index is 11.9. The number of aromatic nitrogens is 2. The lowest BCUT2D eigenvalue weighted by Crippen LogP contribution is -2.26. The number of hydrogen-bond acceptors (Lipinski definition) is 5. The summed E-state index contributed by atoms with van der Waals surface area (Å²) in [7, 11) is -3.25. The van der Waals surface area contributed by atoms with Gasteiger partial charge in [0.1, 0.15) is 17.1 Å². The van der Waals surface area contributed by atoms with Gasteiger partial charge >= 0.3 is 0 Å². The van der Waals surface area contributed by atoms with Gasteiger partial charge in [0.25, 0.3) is 0 Å². The maximum Gasteiger partial charge on any atom is 0.221 e. The molecule has 0 radical (unpaired) electrons. The van der Waals surface area contributed by atoms with Crippen molar-refractivity contribution in [3.05, 3.63) is 42.0 Å². The molecular weight excluding hydrogens is 414 g/mol. The van der Waals surface area contributed by atoms with Crippen LogP contribution < -0.4 is 10.5 Å². The highest BCUT2D eigenvalue weighted by atomic mass is 32.2. The number of sulfone groups is 1.